The lowest BCUT2D eigenvalue weighted by Crippen LogP contribution is -2.37. The number of aliphatic hydroxyl groups is 1. The number of ether oxygens (including phenoxy) is 1. The van der Waals surface area contributed by atoms with Crippen LogP contribution in [0.25, 0.3) is 0 Å². The van der Waals surface area contributed by atoms with Gasteiger partial charge in [0.15, 0.2) is 0 Å². The molecular formula is C17H27NO3. The Balaban J connectivity index is 2.68. The highest BCUT2D eigenvalue weighted by molar-refractivity contribution is 5.70. The molecule has 2 unspecified atom stereocenters. The largest absolute Gasteiger partial charge is 0.469 e. The predicted molar refractivity (Wildman–Crippen MR) is 84.1 cm³/mol. The van der Waals surface area contributed by atoms with Gasteiger partial charge in [-0.15, -0.1) is 0 Å². The van der Waals surface area contributed by atoms with Crippen LogP contribution in [0.3, 0.4) is 0 Å². The van der Waals surface area contributed by atoms with E-state index in [9.17, 15) is 9.90 Å². The highest BCUT2D eigenvalue weighted by Gasteiger charge is 2.23. The molecule has 0 saturated carbocycles. The zero-order chi connectivity index (χ0) is 15.7. The Labute approximate surface area is 127 Å². The second kappa shape index (κ2) is 9.53. The maximum Gasteiger partial charge on any atom is 0.307 e. The molecule has 0 saturated heterocycles. The molecule has 2 N–H and O–H groups in total. The summed E-state index contributed by atoms with van der Waals surface area (Å²) in [5.41, 5.74) is 1.96. The molecule has 0 aliphatic heterocycles. The molecule has 0 aromatic heterocycles. The SMILES string of the molecule is CCCCCNC(CC(=O)OC)C(O)c1ccc(C)cc1. The van der Waals surface area contributed by atoms with E-state index in [1.54, 1.807) is 0 Å². The van der Waals surface area contributed by atoms with E-state index < -0.39 is 6.10 Å². The van der Waals surface area contributed by atoms with E-state index >= 15 is 0 Å². The van der Waals surface area contributed by atoms with Gasteiger partial charge in [-0.3, -0.25) is 4.79 Å². The van der Waals surface area contributed by atoms with E-state index in [1.165, 1.54) is 7.11 Å². The molecule has 0 fully saturated rings. The van der Waals surface area contributed by atoms with Crippen molar-refractivity contribution in [2.75, 3.05) is 13.7 Å². The molecule has 0 aliphatic carbocycles. The molecule has 4 heteroatoms. The van der Waals surface area contributed by atoms with Crippen molar-refractivity contribution in [3.63, 3.8) is 0 Å². The average Bonchev–Trinajstić information content (AvgIpc) is 2.50. The van der Waals surface area contributed by atoms with Crippen molar-refractivity contribution in [1.29, 1.82) is 0 Å². The van der Waals surface area contributed by atoms with Crippen LogP contribution >= 0.6 is 0 Å². The summed E-state index contributed by atoms with van der Waals surface area (Å²) < 4.78 is 4.72. The van der Waals surface area contributed by atoms with Crippen molar-refractivity contribution in [3.05, 3.63) is 35.4 Å². The minimum Gasteiger partial charge on any atom is -0.469 e. The molecule has 1 aromatic carbocycles. The van der Waals surface area contributed by atoms with Gasteiger partial charge in [-0.2, -0.15) is 0 Å². The molecule has 0 amide bonds. The van der Waals surface area contributed by atoms with Gasteiger partial charge in [0.25, 0.3) is 0 Å². The summed E-state index contributed by atoms with van der Waals surface area (Å²) in [6.45, 7) is 4.94. The van der Waals surface area contributed by atoms with E-state index in [1.807, 2.05) is 31.2 Å². The lowest BCUT2D eigenvalue weighted by Gasteiger charge is -2.24. The first kappa shape index (κ1) is 17.7. The summed E-state index contributed by atoms with van der Waals surface area (Å²) in [5, 5.41) is 13.8. The number of aliphatic hydroxyl groups excluding tert-OH is 1. The third-order valence-electron chi connectivity index (χ3n) is 3.60. The van der Waals surface area contributed by atoms with Crippen molar-refractivity contribution in [1.82, 2.24) is 5.32 Å². The van der Waals surface area contributed by atoms with Gasteiger partial charge in [-0.25, -0.2) is 0 Å². The number of esters is 1. The summed E-state index contributed by atoms with van der Waals surface area (Å²) in [7, 11) is 1.37. The highest BCUT2D eigenvalue weighted by Crippen LogP contribution is 2.20. The molecular weight excluding hydrogens is 266 g/mol. The Kier molecular flexibility index (Phi) is 8.01. The zero-order valence-corrected chi connectivity index (χ0v) is 13.3. The van der Waals surface area contributed by atoms with Crippen LogP contribution in [0, 0.1) is 6.92 Å². The fourth-order valence-electron chi connectivity index (χ4n) is 2.22. The van der Waals surface area contributed by atoms with Gasteiger partial charge >= 0.3 is 5.97 Å². The lowest BCUT2D eigenvalue weighted by molar-refractivity contribution is -0.142. The molecule has 1 rings (SSSR count). The topological polar surface area (TPSA) is 58.6 Å². The number of hydrogen-bond donors (Lipinski definition) is 2. The Morgan fingerprint density at radius 2 is 1.95 bits per heavy atom. The van der Waals surface area contributed by atoms with Gasteiger partial charge in [0.2, 0.25) is 0 Å². The van der Waals surface area contributed by atoms with Gasteiger partial charge in [0, 0.05) is 6.04 Å². The molecule has 0 spiro atoms. The number of aryl methyl sites for hydroxylation is 1. The first-order chi connectivity index (χ1) is 10.1. The van der Waals surface area contributed by atoms with Crippen molar-refractivity contribution in [2.24, 2.45) is 0 Å². The first-order valence-electron chi connectivity index (χ1n) is 7.63. The Bertz CT molecular complexity index is 417. The van der Waals surface area contributed by atoms with E-state index in [0.717, 1.165) is 36.9 Å². The van der Waals surface area contributed by atoms with E-state index in [2.05, 4.69) is 12.2 Å². The lowest BCUT2D eigenvalue weighted by atomic mass is 9.98. The number of rotatable bonds is 9. The van der Waals surface area contributed by atoms with Crippen LogP contribution in [0.4, 0.5) is 0 Å². The molecule has 0 aliphatic rings. The molecule has 2 atom stereocenters. The number of carbonyl (C=O) groups excluding carboxylic acids is 1. The van der Waals surface area contributed by atoms with E-state index in [0.29, 0.717) is 0 Å². The van der Waals surface area contributed by atoms with Gasteiger partial charge < -0.3 is 15.2 Å². The van der Waals surface area contributed by atoms with Crippen LogP contribution in [-0.2, 0) is 9.53 Å². The quantitative estimate of drug-likeness (QED) is 0.543. The Morgan fingerprint density at radius 3 is 2.52 bits per heavy atom. The summed E-state index contributed by atoms with van der Waals surface area (Å²) in [5.74, 6) is -0.311. The molecule has 0 radical (unpaired) electrons. The van der Waals surface area contributed by atoms with Crippen molar-refractivity contribution >= 4 is 5.97 Å². The van der Waals surface area contributed by atoms with Gasteiger partial charge in [-0.1, -0.05) is 49.6 Å². The van der Waals surface area contributed by atoms with Crippen molar-refractivity contribution in [2.45, 2.75) is 51.7 Å². The number of benzene rings is 1. The smallest absolute Gasteiger partial charge is 0.307 e. The van der Waals surface area contributed by atoms with Crippen LogP contribution in [0.15, 0.2) is 24.3 Å². The fraction of sp³-hybridized carbons (Fsp3) is 0.588. The third kappa shape index (κ3) is 6.27. The van der Waals surface area contributed by atoms with Crippen LogP contribution < -0.4 is 5.32 Å². The average molecular weight is 293 g/mol. The molecule has 21 heavy (non-hydrogen) atoms. The molecule has 1 aromatic rings. The van der Waals surface area contributed by atoms with Crippen molar-refractivity contribution in [3.8, 4) is 0 Å². The maximum absolute atomic E-state index is 11.5. The number of unbranched alkanes of at least 4 members (excludes halogenated alkanes) is 2. The predicted octanol–water partition coefficient (Wildman–Crippen LogP) is 2.74. The van der Waals surface area contributed by atoms with Crippen LogP contribution in [0.5, 0.6) is 0 Å². The molecule has 0 bridgehead atoms. The summed E-state index contributed by atoms with van der Waals surface area (Å²) in [6.07, 6.45) is 2.76. The zero-order valence-electron chi connectivity index (χ0n) is 13.3. The Hall–Kier alpha value is -1.39. The molecule has 4 nitrogen and oxygen atoms in total. The monoisotopic (exact) mass is 293 g/mol. The summed E-state index contributed by atoms with van der Waals surface area (Å²) >= 11 is 0. The second-order valence-corrected chi connectivity index (χ2v) is 5.40. The highest BCUT2D eigenvalue weighted by atomic mass is 16.5. The number of nitrogens with one attached hydrogen (secondary N) is 1. The minimum atomic E-state index is -0.716. The van der Waals surface area contributed by atoms with E-state index in [-0.39, 0.29) is 18.4 Å². The van der Waals surface area contributed by atoms with Crippen LogP contribution in [-0.4, -0.2) is 30.8 Å². The summed E-state index contributed by atoms with van der Waals surface area (Å²) in [4.78, 5) is 11.5. The van der Waals surface area contributed by atoms with Gasteiger partial charge in [0.05, 0.1) is 19.6 Å². The third-order valence-corrected chi connectivity index (χ3v) is 3.60. The number of carbonyl (C=O) groups is 1. The fourth-order valence-corrected chi connectivity index (χ4v) is 2.22. The summed E-state index contributed by atoms with van der Waals surface area (Å²) in [6, 6.07) is 7.41. The van der Waals surface area contributed by atoms with Crippen LogP contribution in [0.2, 0.25) is 0 Å². The Morgan fingerprint density at radius 1 is 1.29 bits per heavy atom. The molecule has 118 valence electrons. The standard InChI is InChI=1S/C17H27NO3/c1-4-5-6-11-18-15(12-16(19)21-3)17(20)14-9-7-13(2)8-10-14/h7-10,15,17-18,20H,4-6,11-12H2,1-3H3. The van der Waals surface area contributed by atoms with Crippen LogP contribution in [0.1, 0.15) is 49.8 Å². The van der Waals surface area contributed by atoms with Gasteiger partial charge in [0.1, 0.15) is 0 Å². The maximum atomic E-state index is 11.5. The minimum absolute atomic E-state index is 0.164. The van der Waals surface area contributed by atoms with E-state index in [4.69, 9.17) is 4.74 Å². The van der Waals surface area contributed by atoms with Crippen molar-refractivity contribution < 1.29 is 14.6 Å². The van der Waals surface area contributed by atoms with Gasteiger partial charge in [-0.05, 0) is 25.5 Å². The number of methoxy groups -OCH3 is 1. The normalized spacial score (nSPS) is 13.7. The molecule has 0 heterocycles. The second-order valence-electron chi connectivity index (χ2n) is 5.40. The number of hydrogen-bond acceptors (Lipinski definition) is 4. The first-order valence-corrected chi connectivity index (χ1v) is 7.63.